The van der Waals surface area contributed by atoms with E-state index in [1.165, 1.54) is 6.07 Å². The molecule has 156 valence electrons. The number of nitrogens with zero attached hydrogens (tertiary/aromatic N) is 1. The van der Waals surface area contributed by atoms with Gasteiger partial charge in [-0.2, -0.15) is 8.78 Å². The first-order chi connectivity index (χ1) is 13.1. The molecule has 7 nitrogen and oxygen atoms in total. The van der Waals surface area contributed by atoms with Gasteiger partial charge in [0, 0.05) is 0 Å². The lowest BCUT2D eigenvalue weighted by Gasteiger charge is -2.35. The predicted molar refractivity (Wildman–Crippen MR) is 95.9 cm³/mol. The molecule has 1 aliphatic heterocycles. The van der Waals surface area contributed by atoms with Crippen LogP contribution in [0.25, 0.3) is 0 Å². The van der Waals surface area contributed by atoms with Crippen molar-refractivity contribution in [2.45, 2.75) is 45.3 Å². The highest BCUT2D eigenvalue weighted by atomic mass is 19.3. The van der Waals surface area contributed by atoms with Gasteiger partial charge in [-0.15, -0.1) is 0 Å². The number of carbonyl (C=O) groups is 2. The van der Waals surface area contributed by atoms with Gasteiger partial charge in [0.05, 0.1) is 18.5 Å². The van der Waals surface area contributed by atoms with Gasteiger partial charge >= 0.3 is 6.61 Å². The maximum absolute atomic E-state index is 14.1. The second kappa shape index (κ2) is 9.24. The lowest BCUT2D eigenvalue weighted by Crippen LogP contribution is -2.65. The van der Waals surface area contributed by atoms with Crippen molar-refractivity contribution in [3.63, 3.8) is 0 Å². The topological polar surface area (TPSA) is 82.7 Å². The first-order valence-electron chi connectivity index (χ1n) is 8.85. The van der Waals surface area contributed by atoms with Gasteiger partial charge in [-0.25, -0.2) is 4.39 Å². The molecule has 2 amide bonds. The van der Waals surface area contributed by atoms with Gasteiger partial charge in [-0.05, 0) is 37.7 Å². The fourth-order valence-corrected chi connectivity index (χ4v) is 2.93. The van der Waals surface area contributed by atoms with Crippen molar-refractivity contribution in [2.24, 2.45) is 5.92 Å². The monoisotopic (exact) mass is 402 g/mol. The van der Waals surface area contributed by atoms with Gasteiger partial charge in [0.25, 0.3) is 0 Å². The average molecular weight is 402 g/mol. The number of hydrogen-bond acceptors (Lipinski definition) is 5. The van der Waals surface area contributed by atoms with Crippen LogP contribution in [0.3, 0.4) is 0 Å². The quantitative estimate of drug-likeness (QED) is 0.645. The van der Waals surface area contributed by atoms with Crippen molar-refractivity contribution in [1.82, 2.24) is 20.9 Å². The predicted octanol–water partition coefficient (Wildman–Crippen LogP) is 1.56. The van der Waals surface area contributed by atoms with Gasteiger partial charge in [0.15, 0.2) is 11.6 Å². The van der Waals surface area contributed by atoms with Crippen LogP contribution in [-0.2, 0) is 9.59 Å². The van der Waals surface area contributed by atoms with Crippen LogP contribution in [0.5, 0.6) is 5.75 Å². The number of carbonyl (C=O) groups excluding carboxylic acids is 2. The third-order valence-electron chi connectivity index (χ3n) is 4.37. The summed E-state index contributed by atoms with van der Waals surface area (Å²) in [7, 11) is 3.50. The Bertz CT molecular complexity index is 715. The molecule has 2 unspecified atom stereocenters. The second-order valence-corrected chi connectivity index (χ2v) is 7.16. The summed E-state index contributed by atoms with van der Waals surface area (Å²) >= 11 is 0. The first kappa shape index (κ1) is 22.0. The SMILES string of the molecule is CC(C)[C@@H](NC(=O)C1CC(=O)NC(N(C)C)N1)c1ccc(OC(F)F)c(F)c1. The summed E-state index contributed by atoms with van der Waals surface area (Å²) in [6, 6.07) is 2.26. The van der Waals surface area contributed by atoms with Gasteiger partial charge in [0.1, 0.15) is 6.29 Å². The highest BCUT2D eigenvalue weighted by Gasteiger charge is 2.33. The van der Waals surface area contributed by atoms with E-state index < -0.39 is 42.5 Å². The number of amides is 2. The zero-order chi connectivity index (χ0) is 21.0. The Morgan fingerprint density at radius 1 is 1.32 bits per heavy atom. The van der Waals surface area contributed by atoms with E-state index in [1.807, 2.05) is 13.8 Å². The normalized spacial score (nSPS) is 21.0. The third kappa shape index (κ3) is 5.59. The van der Waals surface area contributed by atoms with E-state index in [9.17, 15) is 22.8 Å². The number of nitrogens with one attached hydrogen (secondary N) is 3. The fraction of sp³-hybridized carbons (Fsp3) is 0.556. The van der Waals surface area contributed by atoms with Crippen LogP contribution >= 0.6 is 0 Å². The van der Waals surface area contributed by atoms with Crippen LogP contribution in [0, 0.1) is 11.7 Å². The number of halogens is 3. The number of hydrogen-bond donors (Lipinski definition) is 3. The van der Waals surface area contributed by atoms with Crippen molar-refractivity contribution < 1.29 is 27.5 Å². The molecule has 1 saturated heterocycles. The van der Waals surface area contributed by atoms with E-state index in [-0.39, 0.29) is 18.2 Å². The minimum absolute atomic E-state index is 0.0312. The third-order valence-corrected chi connectivity index (χ3v) is 4.37. The van der Waals surface area contributed by atoms with E-state index in [1.54, 1.807) is 19.0 Å². The molecule has 0 radical (unpaired) electrons. The number of rotatable bonds is 7. The molecular formula is C18H25F3N4O3. The van der Waals surface area contributed by atoms with Crippen LogP contribution in [0.2, 0.25) is 0 Å². The summed E-state index contributed by atoms with van der Waals surface area (Å²) in [5.41, 5.74) is 0.409. The van der Waals surface area contributed by atoms with Gasteiger partial charge in [-0.1, -0.05) is 19.9 Å². The van der Waals surface area contributed by atoms with Gasteiger partial charge in [-0.3, -0.25) is 19.8 Å². The summed E-state index contributed by atoms with van der Waals surface area (Å²) in [5.74, 6) is -2.30. The number of benzene rings is 1. The summed E-state index contributed by atoms with van der Waals surface area (Å²) in [5, 5.41) is 8.55. The lowest BCUT2D eigenvalue weighted by atomic mass is 9.95. The average Bonchev–Trinajstić information content (AvgIpc) is 2.60. The van der Waals surface area contributed by atoms with E-state index in [0.717, 1.165) is 12.1 Å². The number of ether oxygens (including phenoxy) is 1. The van der Waals surface area contributed by atoms with Crippen molar-refractivity contribution in [2.75, 3.05) is 14.1 Å². The molecule has 1 heterocycles. The minimum atomic E-state index is -3.13. The van der Waals surface area contributed by atoms with Crippen molar-refractivity contribution in [3.8, 4) is 5.75 Å². The number of alkyl halides is 2. The molecule has 1 fully saturated rings. The summed E-state index contributed by atoms with van der Waals surface area (Å²) in [4.78, 5) is 26.3. The summed E-state index contributed by atoms with van der Waals surface area (Å²) < 4.78 is 42.8. The van der Waals surface area contributed by atoms with Crippen molar-refractivity contribution in [1.29, 1.82) is 0 Å². The molecule has 0 aromatic heterocycles. The minimum Gasteiger partial charge on any atom is -0.432 e. The second-order valence-electron chi connectivity index (χ2n) is 7.16. The Morgan fingerprint density at radius 2 is 2.00 bits per heavy atom. The molecule has 0 spiro atoms. The molecule has 0 saturated carbocycles. The standard InChI is InChI=1S/C18H25F3N4O3/c1-9(2)15(10-5-6-13(11(19)7-10)28-17(20)21)24-16(27)12-8-14(26)23-18(22-12)25(3)4/h5-7,9,12,15,17-18,22H,8H2,1-4H3,(H,23,26)(H,24,27)/t12?,15-,18?/m1/s1. The maximum Gasteiger partial charge on any atom is 0.387 e. The van der Waals surface area contributed by atoms with Crippen LogP contribution in [-0.4, -0.2) is 49.8 Å². The van der Waals surface area contributed by atoms with E-state index >= 15 is 0 Å². The molecule has 3 atom stereocenters. The maximum atomic E-state index is 14.1. The lowest BCUT2D eigenvalue weighted by molar-refractivity contribution is -0.134. The molecule has 10 heteroatoms. The molecular weight excluding hydrogens is 377 g/mol. The highest BCUT2D eigenvalue weighted by molar-refractivity contribution is 5.89. The van der Waals surface area contributed by atoms with Crippen LogP contribution in [0.15, 0.2) is 18.2 Å². The fourth-order valence-electron chi connectivity index (χ4n) is 2.93. The molecule has 1 aliphatic rings. The Labute approximate surface area is 161 Å². The molecule has 0 aliphatic carbocycles. The summed E-state index contributed by atoms with van der Waals surface area (Å²) in [6.07, 6.45) is -0.519. The zero-order valence-electron chi connectivity index (χ0n) is 16.1. The largest absolute Gasteiger partial charge is 0.432 e. The Balaban J connectivity index is 2.15. The molecule has 1 aromatic carbocycles. The molecule has 28 heavy (non-hydrogen) atoms. The molecule has 0 bridgehead atoms. The van der Waals surface area contributed by atoms with Crippen LogP contribution in [0.4, 0.5) is 13.2 Å². The van der Waals surface area contributed by atoms with Crippen molar-refractivity contribution >= 4 is 11.8 Å². The van der Waals surface area contributed by atoms with E-state index in [4.69, 9.17) is 0 Å². The Hall–Kier alpha value is -2.33. The summed E-state index contributed by atoms with van der Waals surface area (Å²) in [6.45, 7) is 0.528. The molecule has 1 aromatic rings. The van der Waals surface area contributed by atoms with Crippen LogP contribution in [0.1, 0.15) is 31.9 Å². The Morgan fingerprint density at radius 3 is 2.54 bits per heavy atom. The molecule has 2 rings (SSSR count). The van der Waals surface area contributed by atoms with E-state index in [0.29, 0.717) is 5.56 Å². The first-order valence-corrected chi connectivity index (χ1v) is 8.85. The van der Waals surface area contributed by atoms with E-state index in [2.05, 4.69) is 20.7 Å². The smallest absolute Gasteiger partial charge is 0.387 e. The van der Waals surface area contributed by atoms with Gasteiger partial charge in [0.2, 0.25) is 11.8 Å². The Kier molecular flexibility index (Phi) is 7.25. The van der Waals surface area contributed by atoms with Gasteiger partial charge < -0.3 is 15.4 Å². The highest BCUT2D eigenvalue weighted by Crippen LogP contribution is 2.27. The van der Waals surface area contributed by atoms with Crippen molar-refractivity contribution in [3.05, 3.63) is 29.6 Å². The zero-order valence-corrected chi connectivity index (χ0v) is 16.1. The molecule has 3 N–H and O–H groups in total. The van der Waals surface area contributed by atoms with Crippen LogP contribution < -0.4 is 20.7 Å².